The Morgan fingerprint density at radius 3 is 2.45 bits per heavy atom. The molecule has 0 saturated carbocycles. The van der Waals surface area contributed by atoms with Gasteiger partial charge in [-0.1, -0.05) is 36.7 Å². The molecule has 0 aliphatic rings. The van der Waals surface area contributed by atoms with Crippen molar-refractivity contribution < 1.29 is 0 Å². The minimum Gasteiger partial charge on any atom is -0.332 e. The number of anilines is 2. The highest BCUT2D eigenvalue weighted by Gasteiger charge is 2.06. The third-order valence-corrected chi connectivity index (χ3v) is 3.54. The van der Waals surface area contributed by atoms with E-state index in [1.54, 1.807) is 0 Å². The van der Waals surface area contributed by atoms with Crippen LogP contribution < -0.4 is 10.6 Å². The van der Waals surface area contributed by atoms with Gasteiger partial charge in [-0.25, -0.2) is 0 Å². The van der Waals surface area contributed by atoms with Gasteiger partial charge >= 0.3 is 0 Å². The maximum absolute atomic E-state index is 5.86. The molecule has 0 heterocycles. The SMILES string of the molecule is CCc1cccc(C)c1NC(=S)Nc1ccc(Cl)cc1. The maximum Gasteiger partial charge on any atom is 0.175 e. The smallest absolute Gasteiger partial charge is 0.175 e. The van der Waals surface area contributed by atoms with Crippen LogP contribution in [-0.2, 0) is 6.42 Å². The molecule has 0 aliphatic heterocycles. The predicted octanol–water partition coefficient (Wildman–Crippen LogP) is 5.02. The number of rotatable bonds is 3. The normalized spacial score (nSPS) is 10.2. The van der Waals surface area contributed by atoms with E-state index >= 15 is 0 Å². The van der Waals surface area contributed by atoms with Crippen LogP contribution in [0.2, 0.25) is 5.02 Å². The highest BCUT2D eigenvalue weighted by atomic mass is 35.5. The molecule has 0 aromatic heterocycles. The molecule has 2 rings (SSSR count). The monoisotopic (exact) mass is 304 g/mol. The van der Waals surface area contributed by atoms with E-state index in [1.165, 1.54) is 11.1 Å². The highest BCUT2D eigenvalue weighted by Crippen LogP contribution is 2.21. The maximum atomic E-state index is 5.86. The van der Waals surface area contributed by atoms with E-state index in [0.717, 1.165) is 17.8 Å². The first-order chi connectivity index (χ1) is 9.60. The summed E-state index contributed by atoms with van der Waals surface area (Å²) in [5, 5.41) is 7.73. The number of para-hydroxylation sites is 1. The van der Waals surface area contributed by atoms with Gasteiger partial charge in [0.25, 0.3) is 0 Å². The molecule has 0 radical (unpaired) electrons. The molecule has 0 unspecified atom stereocenters. The molecule has 0 saturated heterocycles. The lowest BCUT2D eigenvalue weighted by Crippen LogP contribution is -2.20. The Labute approximate surface area is 130 Å². The first-order valence-electron chi connectivity index (χ1n) is 6.52. The molecule has 2 aromatic rings. The van der Waals surface area contributed by atoms with E-state index in [9.17, 15) is 0 Å². The van der Waals surface area contributed by atoms with Gasteiger partial charge in [-0.3, -0.25) is 0 Å². The molecule has 0 spiro atoms. The third kappa shape index (κ3) is 3.71. The lowest BCUT2D eigenvalue weighted by Gasteiger charge is -2.15. The molecule has 2 aromatic carbocycles. The van der Waals surface area contributed by atoms with E-state index < -0.39 is 0 Å². The van der Waals surface area contributed by atoms with Crippen molar-refractivity contribution in [3.8, 4) is 0 Å². The standard InChI is InChI=1S/C16H17ClN2S/c1-3-12-6-4-5-11(2)15(12)19-16(20)18-14-9-7-13(17)8-10-14/h4-10H,3H2,1-2H3,(H2,18,19,20). The molecular weight excluding hydrogens is 288 g/mol. The third-order valence-electron chi connectivity index (χ3n) is 3.08. The largest absolute Gasteiger partial charge is 0.332 e. The molecule has 2 N–H and O–H groups in total. The summed E-state index contributed by atoms with van der Waals surface area (Å²) in [6.45, 7) is 4.21. The Morgan fingerprint density at radius 1 is 1.10 bits per heavy atom. The minimum absolute atomic E-state index is 0.580. The van der Waals surface area contributed by atoms with Gasteiger partial charge in [0.15, 0.2) is 5.11 Å². The Balaban J connectivity index is 2.10. The molecule has 0 aliphatic carbocycles. The molecule has 2 nitrogen and oxygen atoms in total. The fraction of sp³-hybridized carbons (Fsp3) is 0.188. The van der Waals surface area contributed by atoms with Gasteiger partial charge in [-0.15, -0.1) is 0 Å². The first kappa shape index (κ1) is 14.8. The second-order valence-electron chi connectivity index (χ2n) is 4.55. The summed E-state index contributed by atoms with van der Waals surface area (Å²) in [5.41, 5.74) is 4.44. The number of nitrogens with one attached hydrogen (secondary N) is 2. The van der Waals surface area contributed by atoms with Crippen molar-refractivity contribution in [2.45, 2.75) is 20.3 Å². The van der Waals surface area contributed by atoms with Crippen molar-refractivity contribution >= 4 is 40.3 Å². The first-order valence-corrected chi connectivity index (χ1v) is 7.31. The van der Waals surface area contributed by atoms with Gasteiger partial charge in [0, 0.05) is 16.4 Å². The minimum atomic E-state index is 0.580. The van der Waals surface area contributed by atoms with E-state index in [0.29, 0.717) is 10.1 Å². The van der Waals surface area contributed by atoms with Crippen LogP contribution in [0.25, 0.3) is 0 Å². The molecule has 4 heteroatoms. The van der Waals surface area contributed by atoms with E-state index in [2.05, 4.69) is 42.7 Å². The van der Waals surface area contributed by atoms with E-state index in [-0.39, 0.29) is 0 Å². The summed E-state index contributed by atoms with van der Waals surface area (Å²) in [5.74, 6) is 0. The van der Waals surface area contributed by atoms with Crippen molar-refractivity contribution in [1.82, 2.24) is 0 Å². The lowest BCUT2D eigenvalue weighted by molar-refractivity contribution is 1.13. The second-order valence-corrected chi connectivity index (χ2v) is 5.39. The van der Waals surface area contributed by atoms with Crippen LogP contribution in [0, 0.1) is 6.92 Å². The predicted molar refractivity (Wildman–Crippen MR) is 91.9 cm³/mol. The average molecular weight is 305 g/mol. The van der Waals surface area contributed by atoms with Crippen LogP contribution in [0.1, 0.15) is 18.1 Å². The van der Waals surface area contributed by atoms with Crippen molar-refractivity contribution in [3.63, 3.8) is 0 Å². The summed E-state index contributed by atoms with van der Waals surface area (Å²) >= 11 is 11.2. The summed E-state index contributed by atoms with van der Waals surface area (Å²) in [6, 6.07) is 13.7. The molecule has 0 atom stereocenters. The zero-order valence-corrected chi connectivity index (χ0v) is 13.1. The van der Waals surface area contributed by atoms with Gasteiger partial charge in [0.05, 0.1) is 0 Å². The van der Waals surface area contributed by atoms with Crippen molar-refractivity contribution in [3.05, 3.63) is 58.6 Å². The summed E-state index contributed by atoms with van der Waals surface area (Å²) in [4.78, 5) is 0. The van der Waals surface area contributed by atoms with Crippen molar-refractivity contribution in [2.24, 2.45) is 0 Å². The molecule has 20 heavy (non-hydrogen) atoms. The topological polar surface area (TPSA) is 24.1 Å². The average Bonchev–Trinajstić information content (AvgIpc) is 2.43. The van der Waals surface area contributed by atoms with Crippen LogP contribution in [0.3, 0.4) is 0 Å². The van der Waals surface area contributed by atoms with Crippen LogP contribution in [-0.4, -0.2) is 5.11 Å². The van der Waals surface area contributed by atoms with Gasteiger partial charge < -0.3 is 10.6 Å². The number of hydrogen-bond donors (Lipinski definition) is 2. The van der Waals surface area contributed by atoms with Crippen LogP contribution in [0.5, 0.6) is 0 Å². The van der Waals surface area contributed by atoms with Crippen molar-refractivity contribution in [1.29, 1.82) is 0 Å². The molecule has 0 fully saturated rings. The fourth-order valence-electron chi connectivity index (χ4n) is 2.01. The number of thiocarbonyl (C=S) groups is 1. The second kappa shape index (κ2) is 6.73. The molecule has 104 valence electrons. The quantitative estimate of drug-likeness (QED) is 0.779. The van der Waals surface area contributed by atoms with Gasteiger partial charge in [0.2, 0.25) is 0 Å². The molecular formula is C16H17ClN2S. The van der Waals surface area contributed by atoms with Crippen LogP contribution >= 0.6 is 23.8 Å². The van der Waals surface area contributed by atoms with E-state index in [1.807, 2.05) is 24.3 Å². The molecule has 0 amide bonds. The Kier molecular flexibility index (Phi) is 4.99. The van der Waals surface area contributed by atoms with Gasteiger partial charge in [-0.2, -0.15) is 0 Å². The Hall–Kier alpha value is -1.58. The Bertz CT molecular complexity index is 608. The van der Waals surface area contributed by atoms with E-state index in [4.69, 9.17) is 23.8 Å². The van der Waals surface area contributed by atoms with Crippen molar-refractivity contribution in [2.75, 3.05) is 10.6 Å². The zero-order valence-electron chi connectivity index (χ0n) is 11.5. The lowest BCUT2D eigenvalue weighted by atomic mass is 10.1. The summed E-state index contributed by atoms with van der Waals surface area (Å²) < 4.78 is 0. The summed E-state index contributed by atoms with van der Waals surface area (Å²) in [6.07, 6.45) is 0.966. The number of benzene rings is 2. The fourth-order valence-corrected chi connectivity index (χ4v) is 2.36. The van der Waals surface area contributed by atoms with Gasteiger partial charge in [-0.05, 0) is 61.0 Å². The molecule has 0 bridgehead atoms. The van der Waals surface area contributed by atoms with Crippen LogP contribution in [0.15, 0.2) is 42.5 Å². The van der Waals surface area contributed by atoms with Gasteiger partial charge in [0.1, 0.15) is 0 Å². The number of aryl methyl sites for hydroxylation is 2. The highest BCUT2D eigenvalue weighted by molar-refractivity contribution is 7.80. The zero-order chi connectivity index (χ0) is 14.5. The summed E-state index contributed by atoms with van der Waals surface area (Å²) in [7, 11) is 0. The number of hydrogen-bond acceptors (Lipinski definition) is 1. The van der Waals surface area contributed by atoms with Crippen LogP contribution in [0.4, 0.5) is 11.4 Å². The Morgan fingerprint density at radius 2 is 1.80 bits per heavy atom. The number of halogens is 1.